The van der Waals surface area contributed by atoms with Gasteiger partial charge in [-0.15, -0.1) is 0 Å². The van der Waals surface area contributed by atoms with Gasteiger partial charge in [-0.2, -0.15) is 0 Å². The molecule has 1 saturated heterocycles. The molecule has 2 aliphatic heterocycles. The molecule has 2 aromatic rings. The lowest BCUT2D eigenvalue weighted by molar-refractivity contribution is -0.138. The maximum Gasteiger partial charge on any atom is 0.278 e. The van der Waals surface area contributed by atoms with Crippen LogP contribution in [0, 0.1) is 0 Å². The molecule has 0 unspecified atom stereocenters. The van der Waals surface area contributed by atoms with Crippen molar-refractivity contribution in [1.82, 2.24) is 14.7 Å². The first-order valence-corrected chi connectivity index (χ1v) is 10.9. The topological polar surface area (TPSA) is 53.1 Å². The molecule has 2 aliphatic rings. The van der Waals surface area contributed by atoms with Gasteiger partial charge in [0.25, 0.3) is 11.8 Å². The lowest BCUT2D eigenvalue weighted by Crippen LogP contribution is -2.47. The number of carbonyl (C=O) groups is 2. The van der Waals surface area contributed by atoms with E-state index in [2.05, 4.69) is 16.7 Å². The SMILES string of the molecule is CCN1CCN(C2=C(c3ccc(Cl)cc3)C(=O)N(Cc3ccccc3OC)C2=O)CC1. The largest absolute Gasteiger partial charge is 0.496 e. The Hall–Kier alpha value is -2.83. The number of rotatable bonds is 6. The molecule has 2 aromatic carbocycles. The van der Waals surface area contributed by atoms with Crippen LogP contribution in [-0.2, 0) is 16.1 Å². The van der Waals surface area contributed by atoms with Gasteiger partial charge in [-0.05, 0) is 30.3 Å². The number of imide groups is 1. The zero-order chi connectivity index (χ0) is 22.0. The third-order valence-corrected chi connectivity index (χ3v) is 6.19. The van der Waals surface area contributed by atoms with Crippen molar-refractivity contribution in [1.29, 1.82) is 0 Å². The summed E-state index contributed by atoms with van der Waals surface area (Å²) in [4.78, 5) is 32.8. The molecule has 2 heterocycles. The maximum absolute atomic E-state index is 13.5. The van der Waals surface area contributed by atoms with Crippen molar-refractivity contribution < 1.29 is 14.3 Å². The number of amides is 2. The lowest BCUT2D eigenvalue weighted by Gasteiger charge is -2.36. The Morgan fingerprint density at radius 1 is 0.935 bits per heavy atom. The van der Waals surface area contributed by atoms with E-state index < -0.39 is 0 Å². The molecule has 31 heavy (non-hydrogen) atoms. The summed E-state index contributed by atoms with van der Waals surface area (Å²) in [6, 6.07) is 14.6. The van der Waals surface area contributed by atoms with Gasteiger partial charge in [0.2, 0.25) is 0 Å². The number of methoxy groups -OCH3 is 1. The van der Waals surface area contributed by atoms with Gasteiger partial charge in [-0.25, -0.2) is 0 Å². The van der Waals surface area contributed by atoms with Crippen LogP contribution in [-0.4, -0.2) is 66.3 Å². The van der Waals surface area contributed by atoms with Gasteiger partial charge in [-0.3, -0.25) is 14.5 Å². The summed E-state index contributed by atoms with van der Waals surface area (Å²) in [5.74, 6) is 0.109. The molecule has 0 aliphatic carbocycles. The number of hydrogen-bond acceptors (Lipinski definition) is 5. The van der Waals surface area contributed by atoms with Crippen LogP contribution < -0.4 is 4.74 Å². The fraction of sp³-hybridized carbons (Fsp3) is 0.333. The number of ether oxygens (including phenoxy) is 1. The van der Waals surface area contributed by atoms with E-state index in [1.54, 1.807) is 31.4 Å². The average molecular weight is 440 g/mol. The third-order valence-electron chi connectivity index (χ3n) is 5.93. The van der Waals surface area contributed by atoms with Crippen LogP contribution in [0.15, 0.2) is 54.2 Å². The van der Waals surface area contributed by atoms with E-state index in [0.29, 0.717) is 40.7 Å². The van der Waals surface area contributed by atoms with Crippen LogP contribution in [0.4, 0.5) is 0 Å². The van der Waals surface area contributed by atoms with Crippen molar-refractivity contribution in [3.05, 3.63) is 70.4 Å². The van der Waals surface area contributed by atoms with Gasteiger partial charge in [0, 0.05) is 36.8 Å². The van der Waals surface area contributed by atoms with Crippen LogP contribution >= 0.6 is 11.6 Å². The second-order valence-corrected chi connectivity index (χ2v) is 8.10. The Morgan fingerprint density at radius 2 is 1.61 bits per heavy atom. The monoisotopic (exact) mass is 439 g/mol. The van der Waals surface area contributed by atoms with Gasteiger partial charge in [-0.1, -0.05) is 48.9 Å². The highest BCUT2D eigenvalue weighted by atomic mass is 35.5. The summed E-state index contributed by atoms with van der Waals surface area (Å²) >= 11 is 6.06. The number of carbonyl (C=O) groups excluding carboxylic acids is 2. The van der Waals surface area contributed by atoms with Crippen molar-refractivity contribution >= 4 is 29.0 Å². The molecule has 0 radical (unpaired) electrons. The molecule has 0 spiro atoms. The first-order valence-electron chi connectivity index (χ1n) is 10.5. The summed E-state index contributed by atoms with van der Waals surface area (Å²) in [7, 11) is 1.59. The minimum atomic E-state index is -0.286. The molecule has 162 valence electrons. The minimum Gasteiger partial charge on any atom is -0.496 e. The molecule has 1 fully saturated rings. The maximum atomic E-state index is 13.5. The van der Waals surface area contributed by atoms with Crippen LogP contribution in [0.25, 0.3) is 5.57 Å². The molecular formula is C24H26ClN3O3. The van der Waals surface area contributed by atoms with E-state index in [4.69, 9.17) is 16.3 Å². The van der Waals surface area contributed by atoms with E-state index in [9.17, 15) is 9.59 Å². The summed E-state index contributed by atoms with van der Waals surface area (Å²) < 4.78 is 5.42. The van der Waals surface area contributed by atoms with Gasteiger partial charge < -0.3 is 14.5 Å². The summed E-state index contributed by atoms with van der Waals surface area (Å²) in [5.41, 5.74) is 2.43. The number of benzene rings is 2. The molecule has 0 N–H and O–H groups in total. The van der Waals surface area contributed by atoms with Crippen LogP contribution in [0.5, 0.6) is 5.75 Å². The van der Waals surface area contributed by atoms with E-state index in [1.807, 2.05) is 24.3 Å². The molecule has 6 nitrogen and oxygen atoms in total. The number of hydrogen-bond donors (Lipinski definition) is 0. The van der Waals surface area contributed by atoms with E-state index in [1.165, 1.54) is 4.90 Å². The van der Waals surface area contributed by atoms with Crippen LogP contribution in [0.2, 0.25) is 5.02 Å². The van der Waals surface area contributed by atoms with Crippen molar-refractivity contribution in [3.8, 4) is 5.75 Å². The normalized spacial score (nSPS) is 17.6. The molecule has 2 amide bonds. The predicted octanol–water partition coefficient (Wildman–Crippen LogP) is 3.27. The van der Waals surface area contributed by atoms with E-state index in [0.717, 1.165) is 25.2 Å². The Morgan fingerprint density at radius 3 is 2.26 bits per heavy atom. The summed E-state index contributed by atoms with van der Waals surface area (Å²) in [6.45, 7) is 6.42. The molecule has 0 saturated carbocycles. The molecule has 4 rings (SSSR count). The molecule has 0 bridgehead atoms. The molecule has 7 heteroatoms. The second kappa shape index (κ2) is 9.12. The van der Waals surface area contributed by atoms with Crippen molar-refractivity contribution in [2.45, 2.75) is 13.5 Å². The number of piperazine rings is 1. The predicted molar refractivity (Wildman–Crippen MR) is 121 cm³/mol. The smallest absolute Gasteiger partial charge is 0.278 e. The van der Waals surface area contributed by atoms with E-state index in [-0.39, 0.29) is 18.4 Å². The highest BCUT2D eigenvalue weighted by Gasteiger charge is 2.42. The Kier molecular flexibility index (Phi) is 6.30. The van der Waals surface area contributed by atoms with Gasteiger partial charge in [0.15, 0.2) is 0 Å². The number of likely N-dealkylation sites (N-methyl/N-ethyl adjacent to an activating group) is 1. The number of nitrogens with zero attached hydrogens (tertiary/aromatic N) is 3. The first-order chi connectivity index (χ1) is 15.0. The fourth-order valence-electron chi connectivity index (χ4n) is 4.17. The standard InChI is InChI=1S/C24H26ClN3O3/c1-3-26-12-14-27(15-13-26)22-21(17-8-10-19(25)11-9-17)23(29)28(24(22)30)16-18-6-4-5-7-20(18)31-2/h4-11H,3,12-16H2,1-2H3. The zero-order valence-corrected chi connectivity index (χ0v) is 18.6. The van der Waals surface area contributed by atoms with Crippen LogP contribution in [0.1, 0.15) is 18.1 Å². The summed E-state index contributed by atoms with van der Waals surface area (Å²) in [6.07, 6.45) is 0. The third kappa shape index (κ3) is 4.18. The molecule has 0 atom stereocenters. The van der Waals surface area contributed by atoms with Gasteiger partial charge in [0.1, 0.15) is 11.4 Å². The second-order valence-electron chi connectivity index (χ2n) is 7.66. The highest BCUT2D eigenvalue weighted by Crippen LogP contribution is 2.34. The van der Waals surface area contributed by atoms with Crippen LogP contribution in [0.3, 0.4) is 0 Å². The average Bonchev–Trinajstić information content (AvgIpc) is 3.05. The number of para-hydroxylation sites is 1. The van der Waals surface area contributed by atoms with Gasteiger partial charge in [0.05, 0.1) is 19.2 Å². The first kappa shape index (κ1) is 21.4. The lowest BCUT2D eigenvalue weighted by atomic mass is 10.0. The fourth-order valence-corrected chi connectivity index (χ4v) is 4.29. The van der Waals surface area contributed by atoms with Crippen molar-refractivity contribution in [2.24, 2.45) is 0 Å². The quantitative estimate of drug-likeness (QED) is 0.646. The Labute approximate surface area is 187 Å². The van der Waals surface area contributed by atoms with Crippen molar-refractivity contribution in [2.75, 3.05) is 39.8 Å². The molecule has 0 aromatic heterocycles. The Bertz CT molecular complexity index is 1010. The minimum absolute atomic E-state index is 0.164. The molecular weight excluding hydrogens is 414 g/mol. The highest BCUT2D eigenvalue weighted by molar-refractivity contribution is 6.36. The van der Waals surface area contributed by atoms with E-state index >= 15 is 0 Å². The summed E-state index contributed by atoms with van der Waals surface area (Å²) in [5, 5.41) is 0.588. The van der Waals surface area contributed by atoms with Crippen molar-refractivity contribution in [3.63, 3.8) is 0 Å². The number of halogens is 1. The zero-order valence-electron chi connectivity index (χ0n) is 17.8. The van der Waals surface area contributed by atoms with Gasteiger partial charge >= 0.3 is 0 Å². The Balaban J connectivity index is 1.71.